The van der Waals surface area contributed by atoms with E-state index in [2.05, 4.69) is 15.7 Å². The van der Waals surface area contributed by atoms with Gasteiger partial charge in [0.15, 0.2) is 0 Å². The van der Waals surface area contributed by atoms with Crippen LogP contribution in [-0.2, 0) is 16.1 Å². The molecule has 1 aromatic carbocycles. The second-order valence-corrected chi connectivity index (χ2v) is 5.41. The highest BCUT2D eigenvalue weighted by Gasteiger charge is 2.09. The van der Waals surface area contributed by atoms with Crippen LogP contribution in [0.25, 0.3) is 5.69 Å². The van der Waals surface area contributed by atoms with Crippen LogP contribution in [-0.4, -0.2) is 42.5 Å². The average molecular weight is 316 g/mol. The van der Waals surface area contributed by atoms with Gasteiger partial charge in [0.25, 0.3) is 0 Å². The summed E-state index contributed by atoms with van der Waals surface area (Å²) in [5.41, 5.74) is 4.07. The zero-order chi connectivity index (χ0) is 16.7. The van der Waals surface area contributed by atoms with Crippen molar-refractivity contribution < 1.29 is 9.53 Å². The highest BCUT2D eigenvalue weighted by atomic mass is 16.5. The van der Waals surface area contributed by atoms with E-state index in [-0.39, 0.29) is 12.5 Å². The number of nitrogens with one attached hydrogen (secondary N) is 2. The molecule has 0 atom stereocenters. The van der Waals surface area contributed by atoms with E-state index < -0.39 is 0 Å². The van der Waals surface area contributed by atoms with Gasteiger partial charge in [-0.2, -0.15) is 5.10 Å². The van der Waals surface area contributed by atoms with Crippen LogP contribution in [0.1, 0.15) is 17.0 Å². The zero-order valence-corrected chi connectivity index (χ0v) is 13.9. The molecule has 2 rings (SSSR count). The fourth-order valence-corrected chi connectivity index (χ4v) is 2.37. The second kappa shape index (κ2) is 8.45. The smallest absolute Gasteiger partial charge is 0.234 e. The number of aromatic nitrogens is 2. The van der Waals surface area contributed by atoms with Crippen molar-refractivity contribution >= 4 is 5.91 Å². The minimum atomic E-state index is -0.0377. The first kappa shape index (κ1) is 17.2. The number of aryl methyl sites for hydroxylation is 2. The minimum Gasteiger partial charge on any atom is -0.383 e. The van der Waals surface area contributed by atoms with Crippen LogP contribution in [0.15, 0.2) is 30.3 Å². The zero-order valence-electron chi connectivity index (χ0n) is 13.9. The van der Waals surface area contributed by atoms with Crippen LogP contribution in [0, 0.1) is 13.8 Å². The summed E-state index contributed by atoms with van der Waals surface area (Å²) in [5, 5.41) is 10.5. The third-order valence-electron chi connectivity index (χ3n) is 3.47. The highest BCUT2D eigenvalue weighted by Crippen LogP contribution is 2.16. The first-order valence-corrected chi connectivity index (χ1v) is 7.69. The Hall–Kier alpha value is -2.18. The number of hydrogen-bond donors (Lipinski definition) is 2. The van der Waals surface area contributed by atoms with E-state index in [0.717, 1.165) is 22.6 Å². The summed E-state index contributed by atoms with van der Waals surface area (Å²) in [6.07, 6.45) is 0. The molecule has 1 heterocycles. The predicted octanol–water partition coefficient (Wildman–Crippen LogP) is 1.34. The van der Waals surface area contributed by atoms with E-state index >= 15 is 0 Å². The van der Waals surface area contributed by atoms with Crippen LogP contribution in [0.2, 0.25) is 0 Å². The SMILES string of the molecule is COCCNCC(=O)NCc1ccccc1-n1nc(C)cc1C. The molecule has 0 bridgehead atoms. The van der Waals surface area contributed by atoms with Crippen LogP contribution in [0.5, 0.6) is 0 Å². The first-order chi connectivity index (χ1) is 11.1. The van der Waals surface area contributed by atoms with E-state index in [1.807, 2.05) is 48.9 Å². The maximum absolute atomic E-state index is 11.9. The molecule has 0 aliphatic carbocycles. The Morgan fingerprint density at radius 3 is 2.78 bits per heavy atom. The van der Waals surface area contributed by atoms with Gasteiger partial charge in [0.1, 0.15) is 0 Å². The number of rotatable bonds is 8. The van der Waals surface area contributed by atoms with E-state index in [1.54, 1.807) is 7.11 Å². The molecule has 6 nitrogen and oxygen atoms in total. The van der Waals surface area contributed by atoms with Crippen molar-refractivity contribution in [3.05, 3.63) is 47.3 Å². The molecule has 0 unspecified atom stereocenters. The summed E-state index contributed by atoms with van der Waals surface area (Å²) in [5.74, 6) is -0.0377. The summed E-state index contributed by atoms with van der Waals surface area (Å²) >= 11 is 0. The van der Waals surface area contributed by atoms with Gasteiger partial charge in [0, 0.05) is 25.9 Å². The number of carbonyl (C=O) groups excluding carboxylic acids is 1. The molecular weight excluding hydrogens is 292 g/mol. The lowest BCUT2D eigenvalue weighted by Gasteiger charge is -2.12. The van der Waals surface area contributed by atoms with E-state index in [9.17, 15) is 4.79 Å². The normalized spacial score (nSPS) is 10.7. The average Bonchev–Trinajstić information content (AvgIpc) is 2.88. The van der Waals surface area contributed by atoms with Crippen molar-refractivity contribution in [1.82, 2.24) is 20.4 Å². The first-order valence-electron chi connectivity index (χ1n) is 7.69. The molecule has 2 N–H and O–H groups in total. The Labute approximate surface area is 136 Å². The summed E-state index contributed by atoms with van der Waals surface area (Å²) in [4.78, 5) is 11.9. The summed E-state index contributed by atoms with van der Waals surface area (Å²) in [6.45, 7) is 6.00. The van der Waals surface area contributed by atoms with E-state index in [0.29, 0.717) is 19.7 Å². The number of amides is 1. The Morgan fingerprint density at radius 1 is 1.30 bits per heavy atom. The van der Waals surface area contributed by atoms with Gasteiger partial charge in [0.2, 0.25) is 5.91 Å². The summed E-state index contributed by atoms with van der Waals surface area (Å²) in [6, 6.07) is 9.99. The van der Waals surface area contributed by atoms with Gasteiger partial charge in [-0.3, -0.25) is 4.79 Å². The number of benzene rings is 1. The maximum atomic E-state index is 11.9. The van der Waals surface area contributed by atoms with Crippen LogP contribution < -0.4 is 10.6 Å². The molecule has 0 aliphatic rings. The monoisotopic (exact) mass is 316 g/mol. The molecule has 2 aromatic rings. The molecular formula is C17H24N4O2. The van der Waals surface area contributed by atoms with Crippen molar-refractivity contribution in [1.29, 1.82) is 0 Å². The molecule has 23 heavy (non-hydrogen) atoms. The van der Waals surface area contributed by atoms with E-state index in [1.165, 1.54) is 0 Å². The third-order valence-corrected chi connectivity index (χ3v) is 3.47. The van der Waals surface area contributed by atoms with Gasteiger partial charge >= 0.3 is 0 Å². The minimum absolute atomic E-state index is 0.0377. The van der Waals surface area contributed by atoms with Crippen molar-refractivity contribution in [3.8, 4) is 5.69 Å². The van der Waals surface area contributed by atoms with Crippen LogP contribution in [0.4, 0.5) is 0 Å². The predicted molar refractivity (Wildman–Crippen MR) is 89.6 cm³/mol. The standard InChI is InChI=1S/C17H24N4O2/c1-13-10-14(2)21(20-13)16-7-5-4-6-15(16)11-19-17(22)12-18-8-9-23-3/h4-7,10,18H,8-9,11-12H2,1-3H3,(H,19,22). The number of nitrogens with zero attached hydrogens (tertiary/aromatic N) is 2. The fourth-order valence-electron chi connectivity index (χ4n) is 2.37. The molecule has 0 saturated heterocycles. The van der Waals surface area contributed by atoms with Crippen molar-refractivity contribution in [2.24, 2.45) is 0 Å². The van der Waals surface area contributed by atoms with Gasteiger partial charge in [-0.15, -0.1) is 0 Å². The van der Waals surface area contributed by atoms with E-state index in [4.69, 9.17) is 4.74 Å². The van der Waals surface area contributed by atoms with Crippen molar-refractivity contribution in [2.75, 3.05) is 26.8 Å². The number of hydrogen-bond acceptors (Lipinski definition) is 4. The molecule has 0 fully saturated rings. The van der Waals surface area contributed by atoms with Crippen LogP contribution in [0.3, 0.4) is 0 Å². The molecule has 0 spiro atoms. The Balaban J connectivity index is 1.98. The molecule has 1 aromatic heterocycles. The lowest BCUT2D eigenvalue weighted by molar-refractivity contribution is -0.120. The van der Waals surface area contributed by atoms with Gasteiger partial charge in [-0.25, -0.2) is 4.68 Å². The molecule has 0 radical (unpaired) electrons. The molecule has 124 valence electrons. The van der Waals surface area contributed by atoms with Gasteiger partial charge in [-0.1, -0.05) is 18.2 Å². The van der Waals surface area contributed by atoms with Crippen LogP contribution >= 0.6 is 0 Å². The topological polar surface area (TPSA) is 68.2 Å². The number of para-hydroxylation sites is 1. The number of ether oxygens (including phenoxy) is 1. The van der Waals surface area contributed by atoms with Gasteiger partial charge in [-0.05, 0) is 31.5 Å². The Morgan fingerprint density at radius 2 is 2.09 bits per heavy atom. The largest absolute Gasteiger partial charge is 0.383 e. The molecule has 1 amide bonds. The van der Waals surface area contributed by atoms with Crippen molar-refractivity contribution in [2.45, 2.75) is 20.4 Å². The summed E-state index contributed by atoms with van der Waals surface area (Å²) in [7, 11) is 1.64. The Bertz CT molecular complexity index is 652. The quantitative estimate of drug-likeness (QED) is 0.721. The lowest BCUT2D eigenvalue weighted by atomic mass is 10.1. The van der Waals surface area contributed by atoms with Gasteiger partial charge < -0.3 is 15.4 Å². The third kappa shape index (κ3) is 4.91. The molecule has 0 aliphatic heterocycles. The highest BCUT2D eigenvalue weighted by molar-refractivity contribution is 5.78. The maximum Gasteiger partial charge on any atom is 0.234 e. The molecule has 0 saturated carbocycles. The van der Waals surface area contributed by atoms with Gasteiger partial charge in [0.05, 0.1) is 24.5 Å². The fraction of sp³-hybridized carbons (Fsp3) is 0.412. The second-order valence-electron chi connectivity index (χ2n) is 5.41. The molecule has 6 heteroatoms. The number of carbonyl (C=O) groups is 1. The number of methoxy groups -OCH3 is 1. The Kier molecular flexibility index (Phi) is 6.31. The van der Waals surface area contributed by atoms with Crippen molar-refractivity contribution in [3.63, 3.8) is 0 Å². The lowest BCUT2D eigenvalue weighted by Crippen LogP contribution is -2.35. The summed E-state index contributed by atoms with van der Waals surface area (Å²) < 4.78 is 6.84.